The highest BCUT2D eigenvalue weighted by Gasteiger charge is 2.34. The molecule has 1 aromatic heterocycles. The van der Waals surface area contributed by atoms with Gasteiger partial charge < -0.3 is 4.57 Å². The highest BCUT2D eigenvalue weighted by atomic mass is 79.9. The van der Waals surface area contributed by atoms with E-state index in [2.05, 4.69) is 51.7 Å². The number of para-hydroxylation sites is 2. The third kappa shape index (κ3) is 2.52. The lowest BCUT2D eigenvalue weighted by atomic mass is 9.88. The molecular weight excluding hydrogens is 312 g/mol. The van der Waals surface area contributed by atoms with Crippen LogP contribution in [0.1, 0.15) is 44.9 Å². The predicted octanol–water partition coefficient (Wildman–Crippen LogP) is 4.94. The minimum atomic E-state index is 0.436. The summed E-state index contributed by atoms with van der Waals surface area (Å²) in [5, 5.41) is 1.11. The molecule has 0 radical (unpaired) electrons. The molecule has 3 heteroatoms. The number of nitrogens with zero attached hydrogens (tertiary/aromatic N) is 2. The van der Waals surface area contributed by atoms with Crippen molar-refractivity contribution in [3.8, 4) is 0 Å². The van der Waals surface area contributed by atoms with Gasteiger partial charge in [-0.3, -0.25) is 0 Å². The third-order valence-electron chi connectivity index (χ3n) is 4.65. The molecule has 1 aliphatic rings. The van der Waals surface area contributed by atoms with Crippen LogP contribution in [0.5, 0.6) is 0 Å². The maximum Gasteiger partial charge on any atom is 0.109 e. The van der Waals surface area contributed by atoms with E-state index < -0.39 is 0 Å². The highest BCUT2D eigenvalue weighted by Crippen LogP contribution is 2.42. The number of imidazole rings is 1. The lowest BCUT2D eigenvalue weighted by molar-refractivity contribution is 0.291. The predicted molar refractivity (Wildman–Crippen MR) is 88.4 cm³/mol. The van der Waals surface area contributed by atoms with Crippen LogP contribution < -0.4 is 0 Å². The summed E-state index contributed by atoms with van der Waals surface area (Å²) in [6, 6.07) is 8.58. The van der Waals surface area contributed by atoms with Crippen LogP contribution >= 0.6 is 15.9 Å². The molecule has 3 rings (SSSR count). The van der Waals surface area contributed by atoms with Gasteiger partial charge in [0, 0.05) is 18.3 Å². The molecule has 0 saturated heterocycles. The van der Waals surface area contributed by atoms with Crippen molar-refractivity contribution in [2.75, 3.05) is 5.33 Å². The van der Waals surface area contributed by atoms with Crippen LogP contribution in [0.4, 0.5) is 0 Å². The van der Waals surface area contributed by atoms with Gasteiger partial charge in [0.05, 0.1) is 11.0 Å². The van der Waals surface area contributed by atoms with Crippen LogP contribution in [0.25, 0.3) is 11.0 Å². The summed E-state index contributed by atoms with van der Waals surface area (Å²) in [5.41, 5.74) is 2.90. The normalized spacial score (nSPS) is 17.9. The molecular formula is C17H23BrN2. The number of aromatic nitrogens is 2. The number of fused-ring (bicyclic) bond motifs is 1. The van der Waals surface area contributed by atoms with E-state index in [4.69, 9.17) is 4.98 Å². The van der Waals surface area contributed by atoms with Crippen molar-refractivity contribution in [2.45, 2.75) is 52.0 Å². The van der Waals surface area contributed by atoms with Gasteiger partial charge in [0.1, 0.15) is 5.82 Å². The zero-order valence-electron chi connectivity index (χ0n) is 12.2. The Morgan fingerprint density at radius 3 is 2.70 bits per heavy atom. The molecule has 0 aliphatic heterocycles. The van der Waals surface area contributed by atoms with Crippen LogP contribution in [-0.2, 0) is 13.0 Å². The van der Waals surface area contributed by atoms with Crippen molar-refractivity contribution < 1.29 is 0 Å². The Morgan fingerprint density at radius 2 is 2.00 bits per heavy atom. The van der Waals surface area contributed by atoms with Crippen LogP contribution in [0.2, 0.25) is 0 Å². The summed E-state index contributed by atoms with van der Waals surface area (Å²) >= 11 is 3.77. The van der Waals surface area contributed by atoms with E-state index in [1.165, 1.54) is 37.0 Å². The molecule has 0 unspecified atom stereocenters. The van der Waals surface area contributed by atoms with Crippen molar-refractivity contribution in [1.29, 1.82) is 0 Å². The molecule has 1 saturated carbocycles. The fraction of sp³-hybridized carbons (Fsp3) is 0.588. The Balaban J connectivity index is 2.02. The molecule has 1 fully saturated rings. The van der Waals surface area contributed by atoms with Crippen molar-refractivity contribution >= 4 is 27.0 Å². The van der Waals surface area contributed by atoms with Gasteiger partial charge in [-0.05, 0) is 36.8 Å². The molecule has 0 spiro atoms. The number of halogens is 1. The van der Waals surface area contributed by atoms with E-state index in [1.54, 1.807) is 0 Å². The fourth-order valence-corrected chi connectivity index (χ4v) is 4.25. The molecule has 2 aromatic rings. The number of benzene rings is 1. The van der Waals surface area contributed by atoms with Crippen molar-refractivity contribution in [1.82, 2.24) is 9.55 Å². The fourth-order valence-electron chi connectivity index (χ4n) is 3.51. The smallest absolute Gasteiger partial charge is 0.109 e. The minimum absolute atomic E-state index is 0.436. The second-order valence-electron chi connectivity index (χ2n) is 6.19. The first-order chi connectivity index (χ1) is 9.78. The summed E-state index contributed by atoms with van der Waals surface area (Å²) in [7, 11) is 0. The summed E-state index contributed by atoms with van der Waals surface area (Å²) in [5.74, 6) is 1.26. The number of hydrogen-bond donors (Lipinski definition) is 0. The van der Waals surface area contributed by atoms with E-state index in [0.717, 1.165) is 30.2 Å². The Labute approximate surface area is 129 Å². The van der Waals surface area contributed by atoms with Crippen LogP contribution in [0.15, 0.2) is 24.3 Å². The molecule has 108 valence electrons. The van der Waals surface area contributed by atoms with Gasteiger partial charge in [-0.2, -0.15) is 0 Å². The number of rotatable bonds is 5. The largest absolute Gasteiger partial charge is 0.327 e. The van der Waals surface area contributed by atoms with E-state index >= 15 is 0 Å². The van der Waals surface area contributed by atoms with Crippen LogP contribution in [0.3, 0.4) is 0 Å². The van der Waals surface area contributed by atoms with Gasteiger partial charge in [0.25, 0.3) is 0 Å². The van der Waals surface area contributed by atoms with Crippen LogP contribution in [0, 0.1) is 5.41 Å². The van der Waals surface area contributed by atoms with Crippen molar-refractivity contribution in [2.24, 2.45) is 5.41 Å². The quantitative estimate of drug-likeness (QED) is 0.708. The molecule has 2 nitrogen and oxygen atoms in total. The number of aryl methyl sites for hydroxylation is 1. The van der Waals surface area contributed by atoms with Crippen LogP contribution in [-0.4, -0.2) is 14.9 Å². The SMILES string of the molecule is CCCc1nc2ccccc2n1CC1(CBr)CCCC1. The molecule has 0 N–H and O–H groups in total. The Kier molecular flexibility index (Phi) is 4.16. The summed E-state index contributed by atoms with van der Waals surface area (Å²) < 4.78 is 2.49. The molecule has 0 bridgehead atoms. The Bertz CT molecular complexity index is 582. The summed E-state index contributed by atoms with van der Waals surface area (Å²) in [4.78, 5) is 4.86. The second-order valence-corrected chi connectivity index (χ2v) is 6.75. The zero-order chi connectivity index (χ0) is 14.0. The van der Waals surface area contributed by atoms with E-state index in [1.807, 2.05) is 0 Å². The third-order valence-corrected chi connectivity index (χ3v) is 5.84. The molecule has 1 heterocycles. The van der Waals surface area contributed by atoms with Gasteiger partial charge in [-0.25, -0.2) is 4.98 Å². The molecule has 0 atom stereocenters. The molecule has 20 heavy (non-hydrogen) atoms. The second kappa shape index (κ2) is 5.88. The van der Waals surface area contributed by atoms with E-state index in [9.17, 15) is 0 Å². The average molecular weight is 335 g/mol. The van der Waals surface area contributed by atoms with Gasteiger partial charge in [-0.1, -0.05) is 47.8 Å². The number of hydrogen-bond acceptors (Lipinski definition) is 1. The number of alkyl halides is 1. The lowest BCUT2D eigenvalue weighted by Gasteiger charge is -2.28. The molecule has 0 amide bonds. The molecule has 1 aromatic carbocycles. The Morgan fingerprint density at radius 1 is 1.25 bits per heavy atom. The first-order valence-electron chi connectivity index (χ1n) is 7.78. The highest BCUT2D eigenvalue weighted by molar-refractivity contribution is 9.09. The minimum Gasteiger partial charge on any atom is -0.327 e. The zero-order valence-corrected chi connectivity index (χ0v) is 13.8. The average Bonchev–Trinajstić information content (AvgIpc) is 3.07. The van der Waals surface area contributed by atoms with Gasteiger partial charge >= 0.3 is 0 Å². The Hall–Kier alpha value is -0.830. The van der Waals surface area contributed by atoms with Gasteiger partial charge in [0.2, 0.25) is 0 Å². The van der Waals surface area contributed by atoms with E-state index in [0.29, 0.717) is 5.41 Å². The topological polar surface area (TPSA) is 17.8 Å². The van der Waals surface area contributed by atoms with Crippen molar-refractivity contribution in [3.05, 3.63) is 30.1 Å². The van der Waals surface area contributed by atoms with Gasteiger partial charge in [0.15, 0.2) is 0 Å². The summed E-state index contributed by atoms with van der Waals surface area (Å²) in [6.07, 6.45) is 7.67. The maximum absolute atomic E-state index is 4.86. The standard InChI is InChI=1S/C17H23BrN2/c1-2-7-16-19-14-8-3-4-9-15(14)20(16)13-17(12-18)10-5-6-11-17/h3-4,8-9H,2,5-7,10-13H2,1H3. The maximum atomic E-state index is 4.86. The van der Waals surface area contributed by atoms with Gasteiger partial charge in [-0.15, -0.1) is 0 Å². The first kappa shape index (κ1) is 14.1. The monoisotopic (exact) mass is 334 g/mol. The summed E-state index contributed by atoms with van der Waals surface area (Å²) in [6.45, 7) is 3.35. The first-order valence-corrected chi connectivity index (χ1v) is 8.90. The van der Waals surface area contributed by atoms with E-state index in [-0.39, 0.29) is 0 Å². The van der Waals surface area contributed by atoms with Crippen molar-refractivity contribution in [3.63, 3.8) is 0 Å². The molecule has 1 aliphatic carbocycles. The lowest BCUT2D eigenvalue weighted by Crippen LogP contribution is -2.26.